The van der Waals surface area contributed by atoms with Crippen LogP contribution in [-0.2, 0) is 0 Å². The number of nitrogens with zero attached hydrogens (tertiary/aromatic N) is 2. The van der Waals surface area contributed by atoms with Crippen LogP contribution in [0.15, 0.2) is 61.1 Å². The monoisotopic (exact) mass is 310 g/mol. The predicted molar refractivity (Wildman–Crippen MR) is 79.4 cm³/mol. The zero-order valence-corrected chi connectivity index (χ0v) is 11.8. The summed E-state index contributed by atoms with van der Waals surface area (Å²) in [7, 11) is 0. The van der Waals surface area contributed by atoms with E-state index in [-0.39, 0.29) is 0 Å². The molecule has 19 heavy (non-hydrogen) atoms. The van der Waals surface area contributed by atoms with E-state index in [2.05, 4.69) is 40.3 Å². The first-order valence-corrected chi connectivity index (χ1v) is 7.81. The van der Waals surface area contributed by atoms with Crippen LogP contribution in [0.1, 0.15) is 0 Å². The molecule has 0 saturated carbocycles. The topological polar surface area (TPSA) is 25.8 Å². The molecule has 0 amide bonds. The zero-order chi connectivity index (χ0) is 12.7. The van der Waals surface area contributed by atoms with Gasteiger partial charge in [0.1, 0.15) is 0 Å². The van der Waals surface area contributed by atoms with E-state index in [4.69, 9.17) is 0 Å². The van der Waals surface area contributed by atoms with E-state index in [1.165, 1.54) is 19.3 Å². The molecule has 4 aromatic rings. The summed E-state index contributed by atoms with van der Waals surface area (Å²) in [5.74, 6) is 0. The third kappa shape index (κ3) is 1.79. The van der Waals surface area contributed by atoms with Crippen molar-refractivity contribution in [2.45, 2.75) is 0 Å². The number of benzene rings is 1. The van der Waals surface area contributed by atoms with Crippen LogP contribution < -0.4 is 0 Å². The van der Waals surface area contributed by atoms with Crippen LogP contribution >= 0.6 is 0 Å². The van der Waals surface area contributed by atoms with E-state index < -0.39 is 0 Å². The second kappa shape index (κ2) is 4.30. The molecule has 3 heterocycles. The molecule has 2 nitrogen and oxygen atoms in total. The van der Waals surface area contributed by atoms with Crippen molar-refractivity contribution in [3.05, 3.63) is 61.1 Å². The van der Waals surface area contributed by atoms with Crippen LogP contribution in [0, 0.1) is 0 Å². The molecule has 0 aliphatic rings. The summed E-state index contributed by atoms with van der Waals surface area (Å²) in [4.78, 5) is 8.65. The fourth-order valence-corrected chi connectivity index (χ4v) is 4.53. The standard InChI is InChI=1S/C16H10N2Se/c1-2-4-15-12(3-1)13-9-14(18-10-16(13)19-15)11-5-7-17-8-6-11/h1-10H. The molecule has 0 fully saturated rings. The van der Waals surface area contributed by atoms with Gasteiger partial charge in [0.05, 0.1) is 0 Å². The van der Waals surface area contributed by atoms with E-state index in [1.807, 2.05) is 30.7 Å². The second-order valence-electron chi connectivity index (χ2n) is 4.40. The number of rotatable bonds is 1. The van der Waals surface area contributed by atoms with Gasteiger partial charge < -0.3 is 0 Å². The number of pyridine rings is 2. The van der Waals surface area contributed by atoms with Gasteiger partial charge in [-0.05, 0) is 0 Å². The zero-order valence-electron chi connectivity index (χ0n) is 10.1. The average Bonchev–Trinajstić information content (AvgIpc) is 2.86. The molecule has 0 saturated heterocycles. The quantitative estimate of drug-likeness (QED) is 0.503. The molecular weight excluding hydrogens is 299 g/mol. The van der Waals surface area contributed by atoms with Crippen LogP contribution in [0.2, 0.25) is 0 Å². The number of aromatic nitrogens is 2. The van der Waals surface area contributed by atoms with Crippen molar-refractivity contribution in [2.24, 2.45) is 0 Å². The first kappa shape index (κ1) is 10.9. The van der Waals surface area contributed by atoms with Gasteiger partial charge in [-0.1, -0.05) is 0 Å². The Morgan fingerprint density at radius 3 is 2.58 bits per heavy atom. The number of hydrogen-bond donors (Lipinski definition) is 0. The predicted octanol–water partition coefficient (Wildman–Crippen LogP) is 3.51. The number of hydrogen-bond acceptors (Lipinski definition) is 2. The van der Waals surface area contributed by atoms with Gasteiger partial charge in [0, 0.05) is 0 Å². The van der Waals surface area contributed by atoms with Gasteiger partial charge >= 0.3 is 116 Å². The van der Waals surface area contributed by atoms with Crippen molar-refractivity contribution in [3.8, 4) is 11.3 Å². The van der Waals surface area contributed by atoms with Gasteiger partial charge in [0.15, 0.2) is 0 Å². The van der Waals surface area contributed by atoms with Crippen molar-refractivity contribution in [1.29, 1.82) is 0 Å². The molecule has 3 aromatic heterocycles. The van der Waals surface area contributed by atoms with Crippen molar-refractivity contribution in [1.82, 2.24) is 9.97 Å². The van der Waals surface area contributed by atoms with Crippen molar-refractivity contribution >= 4 is 33.8 Å². The van der Waals surface area contributed by atoms with Gasteiger partial charge in [-0.15, -0.1) is 0 Å². The molecule has 1 aromatic carbocycles. The van der Waals surface area contributed by atoms with E-state index in [0.29, 0.717) is 14.5 Å². The summed E-state index contributed by atoms with van der Waals surface area (Å²) < 4.78 is 2.84. The first-order valence-electron chi connectivity index (χ1n) is 6.09. The van der Waals surface area contributed by atoms with Gasteiger partial charge in [0.25, 0.3) is 0 Å². The summed E-state index contributed by atoms with van der Waals surface area (Å²) in [5.41, 5.74) is 2.14. The summed E-state index contributed by atoms with van der Waals surface area (Å²) >= 11 is 0.399. The van der Waals surface area contributed by atoms with Crippen LogP contribution in [0.5, 0.6) is 0 Å². The minimum absolute atomic E-state index is 0.399. The second-order valence-corrected chi connectivity index (χ2v) is 6.67. The summed E-state index contributed by atoms with van der Waals surface area (Å²) in [6.07, 6.45) is 5.65. The molecule has 0 bridgehead atoms. The third-order valence-electron chi connectivity index (χ3n) is 3.24. The number of fused-ring (bicyclic) bond motifs is 3. The summed E-state index contributed by atoms with van der Waals surface area (Å²) in [5, 5.41) is 2.72. The SMILES string of the molecule is c1ccc2c(c1)[se]c1cnc(-c3ccncc3)cc12. The average molecular weight is 309 g/mol. The molecule has 0 unspecified atom stereocenters. The van der Waals surface area contributed by atoms with E-state index in [0.717, 1.165) is 11.3 Å². The molecule has 90 valence electrons. The van der Waals surface area contributed by atoms with Crippen LogP contribution in [0.3, 0.4) is 0 Å². The Kier molecular flexibility index (Phi) is 2.47. The Balaban J connectivity index is 2.03. The van der Waals surface area contributed by atoms with Gasteiger partial charge in [-0.25, -0.2) is 0 Å². The molecule has 0 radical (unpaired) electrons. The van der Waals surface area contributed by atoms with Crippen molar-refractivity contribution < 1.29 is 0 Å². The Morgan fingerprint density at radius 2 is 1.68 bits per heavy atom. The van der Waals surface area contributed by atoms with Crippen molar-refractivity contribution in [3.63, 3.8) is 0 Å². The molecule has 0 N–H and O–H groups in total. The maximum absolute atomic E-state index is 4.59. The summed E-state index contributed by atoms with van der Waals surface area (Å²) in [6.45, 7) is 0. The Hall–Kier alpha value is -1.96. The Bertz CT molecular complexity index is 866. The minimum atomic E-state index is 0.399. The molecule has 0 aliphatic heterocycles. The van der Waals surface area contributed by atoms with E-state index in [1.54, 1.807) is 0 Å². The maximum atomic E-state index is 4.59. The molecular formula is C16H10N2Se. The van der Waals surface area contributed by atoms with Gasteiger partial charge in [-0.2, -0.15) is 0 Å². The third-order valence-corrected chi connectivity index (χ3v) is 5.59. The molecule has 3 heteroatoms. The summed E-state index contributed by atoms with van der Waals surface area (Å²) in [6, 6.07) is 14.9. The van der Waals surface area contributed by atoms with E-state index >= 15 is 0 Å². The van der Waals surface area contributed by atoms with Gasteiger partial charge in [-0.3, -0.25) is 0 Å². The first-order chi connectivity index (χ1) is 9.42. The molecule has 0 spiro atoms. The van der Waals surface area contributed by atoms with Gasteiger partial charge in [0.2, 0.25) is 0 Å². The molecule has 0 atom stereocenters. The van der Waals surface area contributed by atoms with Crippen LogP contribution in [0.25, 0.3) is 30.6 Å². The fraction of sp³-hybridized carbons (Fsp3) is 0. The van der Waals surface area contributed by atoms with Crippen LogP contribution in [0.4, 0.5) is 0 Å². The molecule has 0 aliphatic carbocycles. The molecule has 4 rings (SSSR count). The van der Waals surface area contributed by atoms with Crippen molar-refractivity contribution in [2.75, 3.05) is 0 Å². The Labute approximate surface area is 116 Å². The normalized spacial score (nSPS) is 11.2. The fourth-order valence-electron chi connectivity index (χ4n) is 2.31. The Morgan fingerprint density at radius 1 is 0.842 bits per heavy atom. The van der Waals surface area contributed by atoms with E-state index in [9.17, 15) is 0 Å². The van der Waals surface area contributed by atoms with Crippen LogP contribution in [-0.4, -0.2) is 24.5 Å².